The third-order valence-corrected chi connectivity index (χ3v) is 14.0. The van der Waals surface area contributed by atoms with E-state index in [1.807, 2.05) is 34.6 Å². The minimum Gasteiger partial charge on any atom is -0.403 e. The number of piperidine rings is 2. The number of fused-ring (bicyclic) bond motifs is 4. The van der Waals surface area contributed by atoms with Gasteiger partial charge in [-0.1, -0.05) is 87.1 Å². The number of oxime groups is 2. The first-order valence-corrected chi connectivity index (χ1v) is 24.9. The van der Waals surface area contributed by atoms with Crippen LogP contribution in [0.2, 0.25) is 0 Å². The van der Waals surface area contributed by atoms with E-state index in [1.54, 1.807) is 6.26 Å². The van der Waals surface area contributed by atoms with Gasteiger partial charge in [0.15, 0.2) is 0 Å². The van der Waals surface area contributed by atoms with Gasteiger partial charge in [-0.15, -0.1) is 0 Å². The quantitative estimate of drug-likeness (QED) is 0.0636. The number of rotatable bonds is 14. The molecule has 17 nitrogen and oxygen atoms in total. The van der Waals surface area contributed by atoms with Crippen LogP contribution in [0.25, 0.3) is 22.2 Å². The van der Waals surface area contributed by atoms with Crippen molar-refractivity contribution >= 4 is 49.2 Å². The lowest BCUT2D eigenvalue weighted by Gasteiger charge is -2.46. The van der Waals surface area contributed by atoms with E-state index in [4.69, 9.17) is 18.5 Å². The van der Waals surface area contributed by atoms with Gasteiger partial charge in [-0.2, -0.15) is 15.2 Å². The predicted molar refractivity (Wildman–Crippen MR) is 255 cm³/mol. The van der Waals surface area contributed by atoms with Crippen LogP contribution in [0.15, 0.2) is 80.8 Å². The molecule has 2 bridgehead atoms. The molecule has 2 saturated heterocycles. The molecule has 66 heavy (non-hydrogen) atoms. The zero-order valence-electron chi connectivity index (χ0n) is 38.1. The molecule has 3 aliphatic rings. The number of nitrogens with one attached hydrogen (secondary N) is 2. The number of H-pyrrole nitrogens is 2. The van der Waals surface area contributed by atoms with Crippen LogP contribution < -0.4 is 32.0 Å². The fourth-order valence-corrected chi connectivity index (χ4v) is 11.0. The molecule has 3 unspecified atom stereocenters. The molecule has 6 heterocycles. The first kappa shape index (κ1) is 47.8. The fourth-order valence-electron chi connectivity index (χ4n) is 9.36. The number of aromatic nitrogens is 4. The zero-order chi connectivity index (χ0) is 47.0. The van der Waals surface area contributed by atoms with Crippen molar-refractivity contribution in [3.63, 3.8) is 0 Å². The van der Waals surface area contributed by atoms with Crippen LogP contribution in [-0.2, 0) is 28.0 Å². The Kier molecular flexibility index (Phi) is 15.2. The second-order valence-electron chi connectivity index (χ2n) is 18.1. The number of nitrogens with zero attached hydrogens (tertiary/aromatic N) is 6. The highest BCUT2D eigenvalue weighted by molar-refractivity contribution is 7.97. The van der Waals surface area contributed by atoms with E-state index in [0.29, 0.717) is 68.4 Å². The summed E-state index contributed by atoms with van der Waals surface area (Å²) < 4.78 is 25.0. The predicted octanol–water partition coefficient (Wildman–Crippen LogP) is 7.25. The smallest absolute Gasteiger partial charge is 0.337 e. The molecule has 0 radical (unpaired) electrons. The number of benzene rings is 1. The fraction of sp³-hybridized carbons (Fsp3) is 0.500. The number of hydrogen-bond donors (Lipinski definition) is 2. The molecule has 350 valence electrons. The highest BCUT2D eigenvalue weighted by Gasteiger charge is 2.40. The maximum absolute atomic E-state index is 12.7. The van der Waals surface area contributed by atoms with Crippen molar-refractivity contribution < 1.29 is 22.7 Å². The minimum atomic E-state index is -2.29. The summed E-state index contributed by atoms with van der Waals surface area (Å²) in [4.78, 5) is 73.8. The van der Waals surface area contributed by atoms with Gasteiger partial charge in [0, 0.05) is 53.0 Å². The van der Waals surface area contributed by atoms with E-state index in [9.17, 15) is 28.6 Å². The molecular weight excluding hydrogens is 865 g/mol. The molecule has 3 fully saturated rings. The maximum Gasteiger partial charge on any atom is 0.337 e. The Morgan fingerprint density at radius 3 is 1.89 bits per heavy atom. The van der Waals surface area contributed by atoms with E-state index in [2.05, 4.69) is 63.0 Å². The van der Waals surface area contributed by atoms with Gasteiger partial charge < -0.3 is 18.5 Å². The van der Waals surface area contributed by atoms with E-state index in [0.717, 1.165) is 68.4 Å². The monoisotopic (exact) mass is 922 g/mol. The molecular formula is C48H58N8O9S. The lowest BCUT2D eigenvalue weighted by Crippen LogP contribution is -2.54. The summed E-state index contributed by atoms with van der Waals surface area (Å²) in [5.41, 5.74) is 1.30. The van der Waals surface area contributed by atoms with E-state index >= 15 is 0 Å². The number of aryl methyl sites for hydroxylation is 2. The maximum atomic E-state index is 12.7. The van der Waals surface area contributed by atoms with Crippen molar-refractivity contribution in [1.29, 1.82) is 5.26 Å². The summed E-state index contributed by atoms with van der Waals surface area (Å²) in [7, 11) is -2.29. The molecule has 3 atom stereocenters. The molecule has 1 saturated carbocycles. The summed E-state index contributed by atoms with van der Waals surface area (Å²) in [5.74, 6) is 4.40. The average molecular weight is 923 g/mol. The Bertz CT molecular complexity index is 2980. The summed E-state index contributed by atoms with van der Waals surface area (Å²) >= 11 is 0. The standard InChI is InChI=1S/C26H28N4O4.C22H30N4O5S/c1-17(2)7-6-8-18-15-21(31)33-24-22(18)23(32)28-25(29-24)34-30-20-11-13-26(16-27,14-12-20)19-9-4-3-5-10-19;1-4-5-6-8-14-11-18(27)30-21-19(14)20(28)23-22(24-21)31-25-15-12-16-9-7-10-17(13-15)26(16)32(2,3)29/h3-5,9-10,15,17H,6-8,11-14H2,1-2H3,(H,28,29,32);11,16-17H,2,4-10,12-13H2,1,3H3,(H,23,24,28). The minimum absolute atomic E-state index is 0.0441. The first-order valence-electron chi connectivity index (χ1n) is 22.8. The Morgan fingerprint density at radius 2 is 1.39 bits per heavy atom. The van der Waals surface area contributed by atoms with Gasteiger partial charge in [-0.25, -0.2) is 13.9 Å². The van der Waals surface area contributed by atoms with Crippen molar-refractivity contribution in [3.8, 4) is 18.1 Å². The zero-order valence-corrected chi connectivity index (χ0v) is 38.9. The molecule has 4 aromatic heterocycles. The second kappa shape index (κ2) is 21.0. The van der Waals surface area contributed by atoms with Crippen LogP contribution in [0.3, 0.4) is 0 Å². The van der Waals surface area contributed by atoms with Crippen molar-refractivity contribution in [1.82, 2.24) is 24.2 Å². The third kappa shape index (κ3) is 11.4. The normalized spacial score (nSPS) is 20.5. The molecule has 2 N–H and O–H groups in total. The molecule has 0 amide bonds. The number of unbranched alkanes of at least 4 members (excludes halogenated alkanes) is 2. The Labute approximate surface area is 382 Å². The van der Waals surface area contributed by atoms with Gasteiger partial charge in [-0.3, -0.25) is 23.8 Å². The summed E-state index contributed by atoms with van der Waals surface area (Å²) in [5, 5.41) is 18.8. The van der Waals surface area contributed by atoms with E-state index in [1.165, 1.54) is 12.1 Å². The van der Waals surface area contributed by atoms with Crippen molar-refractivity contribution in [2.24, 2.45) is 16.2 Å². The Hall–Kier alpha value is -6.19. The van der Waals surface area contributed by atoms with Crippen LogP contribution in [0, 0.1) is 17.2 Å². The van der Waals surface area contributed by atoms with Gasteiger partial charge in [-0.05, 0) is 92.7 Å². The van der Waals surface area contributed by atoms with Gasteiger partial charge in [0.25, 0.3) is 11.1 Å². The van der Waals surface area contributed by atoms with Gasteiger partial charge in [0.1, 0.15) is 10.8 Å². The largest absolute Gasteiger partial charge is 0.403 e. The molecule has 0 spiro atoms. The molecule has 1 aliphatic carbocycles. The lowest BCUT2D eigenvalue weighted by atomic mass is 9.70. The molecule has 1 aromatic carbocycles. The molecule has 18 heteroatoms. The topological polar surface area (TPSA) is 239 Å². The Balaban J connectivity index is 0.000000197. The SMILES string of the molecule is C=S(C)(=O)N1C2CCCC1CC(=NOc1nc3oc(=O)cc(CCCCC)c3c(=O)[nH]1)C2.CC(C)CCCc1cc(=O)oc2nc(ON=C3CCC(C#N)(c4ccccc4)CC3)[nH]c(=O)c12. The summed E-state index contributed by atoms with van der Waals surface area (Å²) in [6.45, 7) is 6.35. The number of nitriles is 1. The molecule has 5 aromatic rings. The van der Waals surface area contributed by atoms with E-state index < -0.39 is 37.5 Å². The third-order valence-electron chi connectivity index (χ3n) is 12.6. The summed E-state index contributed by atoms with van der Waals surface area (Å²) in [6, 6.07) is 15.0. The van der Waals surface area contributed by atoms with Crippen LogP contribution in [0.5, 0.6) is 12.0 Å². The van der Waals surface area contributed by atoms with Crippen molar-refractivity contribution in [2.45, 2.75) is 141 Å². The van der Waals surface area contributed by atoms with Crippen LogP contribution in [0.1, 0.15) is 127 Å². The molecule has 8 rings (SSSR count). The van der Waals surface area contributed by atoms with Crippen LogP contribution >= 0.6 is 0 Å². The van der Waals surface area contributed by atoms with Crippen molar-refractivity contribution in [3.05, 3.63) is 101 Å². The van der Waals surface area contributed by atoms with Gasteiger partial charge >= 0.3 is 23.3 Å². The highest BCUT2D eigenvalue weighted by Crippen LogP contribution is 2.38. The van der Waals surface area contributed by atoms with E-state index in [-0.39, 0.29) is 46.3 Å². The van der Waals surface area contributed by atoms with Crippen LogP contribution in [0.4, 0.5) is 0 Å². The Morgan fingerprint density at radius 1 is 0.864 bits per heavy atom. The lowest BCUT2D eigenvalue weighted by molar-refractivity contribution is 0.175. The first-order chi connectivity index (χ1) is 31.7. The van der Waals surface area contributed by atoms with Gasteiger partial charge in [0.2, 0.25) is 11.4 Å². The average Bonchev–Trinajstić information content (AvgIpc) is 3.27. The number of hydrogen-bond acceptors (Lipinski definition) is 14. The highest BCUT2D eigenvalue weighted by atomic mass is 32.2. The van der Waals surface area contributed by atoms with Crippen molar-refractivity contribution in [2.75, 3.05) is 6.26 Å². The van der Waals surface area contributed by atoms with Gasteiger partial charge in [0.05, 0.1) is 22.9 Å². The molecule has 2 aliphatic heterocycles. The van der Waals surface area contributed by atoms with Crippen LogP contribution in [-0.4, -0.2) is 64.1 Å². The second-order valence-corrected chi connectivity index (χ2v) is 20.4. The summed E-state index contributed by atoms with van der Waals surface area (Å²) in [6.07, 6.45) is 14.3. The number of aromatic amines is 2.